The van der Waals surface area contributed by atoms with Crippen molar-refractivity contribution < 1.29 is 9.59 Å². The molecule has 0 unspecified atom stereocenters. The van der Waals surface area contributed by atoms with Gasteiger partial charge < -0.3 is 10.6 Å². The molecule has 0 aliphatic heterocycles. The van der Waals surface area contributed by atoms with Crippen LogP contribution < -0.4 is 10.6 Å². The summed E-state index contributed by atoms with van der Waals surface area (Å²) in [7, 11) is 0. The number of nitriles is 1. The highest BCUT2D eigenvalue weighted by molar-refractivity contribution is 6.32. The molecule has 0 saturated carbocycles. The molecule has 0 aromatic heterocycles. The monoisotopic (exact) mass is 389 g/mol. The average molecular weight is 390 g/mol. The molecule has 2 amide bonds. The van der Waals surface area contributed by atoms with Gasteiger partial charge in [-0.05, 0) is 48.0 Å². The zero-order valence-corrected chi connectivity index (χ0v) is 15.5. The van der Waals surface area contributed by atoms with E-state index >= 15 is 0 Å². The third-order valence-electron chi connectivity index (χ3n) is 3.99. The van der Waals surface area contributed by atoms with Crippen molar-refractivity contribution in [1.29, 1.82) is 5.26 Å². The van der Waals surface area contributed by atoms with Gasteiger partial charge in [-0.25, -0.2) is 0 Å². The van der Waals surface area contributed by atoms with E-state index < -0.39 is 0 Å². The van der Waals surface area contributed by atoms with Crippen molar-refractivity contribution in [1.82, 2.24) is 0 Å². The Morgan fingerprint density at radius 1 is 0.893 bits per heavy atom. The van der Waals surface area contributed by atoms with Gasteiger partial charge in [0.1, 0.15) is 6.07 Å². The van der Waals surface area contributed by atoms with Gasteiger partial charge in [-0.2, -0.15) is 5.26 Å². The lowest BCUT2D eigenvalue weighted by Gasteiger charge is -2.08. The molecule has 0 spiro atoms. The fourth-order valence-corrected chi connectivity index (χ4v) is 2.80. The molecule has 138 valence electrons. The Morgan fingerprint density at radius 2 is 1.57 bits per heavy atom. The van der Waals surface area contributed by atoms with Crippen LogP contribution in [0.15, 0.2) is 72.8 Å². The van der Waals surface area contributed by atoms with Crippen LogP contribution in [0.3, 0.4) is 0 Å². The Kier molecular flexibility index (Phi) is 6.05. The van der Waals surface area contributed by atoms with Gasteiger partial charge in [0.2, 0.25) is 5.91 Å². The summed E-state index contributed by atoms with van der Waals surface area (Å²) in [5, 5.41) is 14.7. The minimum absolute atomic E-state index is 0.129. The van der Waals surface area contributed by atoms with E-state index in [-0.39, 0.29) is 23.3 Å². The first-order chi connectivity index (χ1) is 13.5. The smallest absolute Gasteiger partial charge is 0.255 e. The summed E-state index contributed by atoms with van der Waals surface area (Å²) in [6.45, 7) is 0. The molecule has 0 fully saturated rings. The first-order valence-electron chi connectivity index (χ1n) is 8.50. The van der Waals surface area contributed by atoms with E-state index in [1.807, 2.05) is 36.4 Å². The number of hydrogen-bond donors (Lipinski definition) is 2. The van der Waals surface area contributed by atoms with Gasteiger partial charge in [0.15, 0.2) is 0 Å². The minimum atomic E-state index is -0.317. The standard InChI is InChI=1S/C22H16ClN3O2/c23-20-13-19(11-8-17(20)14-24)26-22(28)16-6-9-18(10-7-16)25-21(27)12-15-4-2-1-3-5-15/h1-11,13H,12H2,(H,25,27)(H,26,28). The zero-order chi connectivity index (χ0) is 19.9. The Balaban J connectivity index is 1.60. The molecule has 6 heteroatoms. The van der Waals surface area contributed by atoms with Crippen LogP contribution in [0.4, 0.5) is 11.4 Å². The summed E-state index contributed by atoms with van der Waals surface area (Å²) in [6.07, 6.45) is 0.280. The second-order valence-corrected chi connectivity index (χ2v) is 6.46. The van der Waals surface area contributed by atoms with E-state index in [1.165, 1.54) is 6.07 Å². The topological polar surface area (TPSA) is 82.0 Å². The molecule has 3 aromatic rings. The lowest BCUT2D eigenvalue weighted by atomic mass is 10.1. The van der Waals surface area contributed by atoms with Gasteiger partial charge in [-0.1, -0.05) is 41.9 Å². The van der Waals surface area contributed by atoms with E-state index in [0.29, 0.717) is 22.5 Å². The maximum absolute atomic E-state index is 12.3. The van der Waals surface area contributed by atoms with E-state index in [2.05, 4.69) is 10.6 Å². The number of amides is 2. The highest BCUT2D eigenvalue weighted by atomic mass is 35.5. The number of nitrogens with zero attached hydrogens (tertiary/aromatic N) is 1. The molecule has 0 saturated heterocycles. The number of benzene rings is 3. The maximum Gasteiger partial charge on any atom is 0.255 e. The first kappa shape index (κ1) is 19.2. The Labute approximate surface area is 167 Å². The third-order valence-corrected chi connectivity index (χ3v) is 4.30. The number of hydrogen-bond acceptors (Lipinski definition) is 3. The summed E-state index contributed by atoms with van der Waals surface area (Å²) in [6, 6.07) is 22.7. The lowest BCUT2D eigenvalue weighted by Crippen LogP contribution is -2.15. The Hall–Kier alpha value is -3.62. The SMILES string of the molecule is N#Cc1ccc(NC(=O)c2ccc(NC(=O)Cc3ccccc3)cc2)cc1Cl. The fourth-order valence-electron chi connectivity index (χ4n) is 2.58. The normalized spacial score (nSPS) is 10.0. The molecule has 2 N–H and O–H groups in total. The van der Waals surface area contributed by atoms with Gasteiger partial charge in [0.25, 0.3) is 5.91 Å². The molecule has 0 atom stereocenters. The number of carbonyl (C=O) groups is 2. The maximum atomic E-state index is 12.3. The van der Waals surface area contributed by atoms with Crippen LogP contribution in [0.1, 0.15) is 21.5 Å². The van der Waals surface area contributed by atoms with Gasteiger partial charge in [0.05, 0.1) is 17.0 Å². The van der Waals surface area contributed by atoms with Crippen molar-refractivity contribution in [2.45, 2.75) is 6.42 Å². The lowest BCUT2D eigenvalue weighted by molar-refractivity contribution is -0.115. The summed E-state index contributed by atoms with van der Waals surface area (Å²) < 4.78 is 0. The summed E-state index contributed by atoms with van der Waals surface area (Å²) in [4.78, 5) is 24.4. The van der Waals surface area contributed by atoms with Crippen molar-refractivity contribution >= 4 is 34.8 Å². The highest BCUT2D eigenvalue weighted by Crippen LogP contribution is 2.21. The largest absolute Gasteiger partial charge is 0.326 e. The summed E-state index contributed by atoms with van der Waals surface area (Å²) >= 11 is 5.97. The van der Waals surface area contributed by atoms with Crippen LogP contribution in [0.25, 0.3) is 0 Å². The van der Waals surface area contributed by atoms with E-state index in [9.17, 15) is 9.59 Å². The van der Waals surface area contributed by atoms with Crippen molar-refractivity contribution in [2.75, 3.05) is 10.6 Å². The number of halogens is 1. The van der Waals surface area contributed by atoms with Gasteiger partial charge >= 0.3 is 0 Å². The zero-order valence-electron chi connectivity index (χ0n) is 14.8. The van der Waals surface area contributed by atoms with Crippen molar-refractivity contribution in [2.24, 2.45) is 0 Å². The second kappa shape index (κ2) is 8.85. The Morgan fingerprint density at radius 3 is 2.21 bits per heavy atom. The molecular weight excluding hydrogens is 374 g/mol. The Bertz CT molecular complexity index is 1040. The van der Waals surface area contributed by atoms with Crippen LogP contribution in [-0.2, 0) is 11.2 Å². The van der Waals surface area contributed by atoms with Crippen molar-refractivity contribution in [3.63, 3.8) is 0 Å². The molecule has 0 bridgehead atoms. The second-order valence-electron chi connectivity index (χ2n) is 6.05. The molecule has 0 aliphatic rings. The van der Waals surface area contributed by atoms with Crippen molar-refractivity contribution in [3.8, 4) is 6.07 Å². The summed E-state index contributed by atoms with van der Waals surface area (Å²) in [5.74, 6) is -0.446. The molecule has 0 radical (unpaired) electrons. The molecule has 3 aromatic carbocycles. The van der Waals surface area contributed by atoms with E-state index in [4.69, 9.17) is 16.9 Å². The molecular formula is C22H16ClN3O2. The number of rotatable bonds is 5. The van der Waals surface area contributed by atoms with Gasteiger partial charge in [0, 0.05) is 16.9 Å². The number of carbonyl (C=O) groups excluding carboxylic acids is 2. The summed E-state index contributed by atoms with van der Waals surface area (Å²) in [5.41, 5.74) is 2.81. The third kappa shape index (κ3) is 4.97. The van der Waals surface area contributed by atoms with Gasteiger partial charge in [-0.3, -0.25) is 9.59 Å². The van der Waals surface area contributed by atoms with Crippen LogP contribution >= 0.6 is 11.6 Å². The van der Waals surface area contributed by atoms with E-state index in [1.54, 1.807) is 36.4 Å². The highest BCUT2D eigenvalue weighted by Gasteiger charge is 2.09. The predicted molar refractivity (Wildman–Crippen MR) is 109 cm³/mol. The molecule has 0 aliphatic carbocycles. The molecule has 3 rings (SSSR count). The van der Waals surface area contributed by atoms with Crippen LogP contribution in [0.2, 0.25) is 5.02 Å². The van der Waals surface area contributed by atoms with Crippen molar-refractivity contribution in [3.05, 3.63) is 94.5 Å². The minimum Gasteiger partial charge on any atom is -0.326 e. The molecule has 0 heterocycles. The predicted octanol–water partition coefficient (Wildman–Crippen LogP) is 4.65. The fraction of sp³-hybridized carbons (Fsp3) is 0.0455. The van der Waals surface area contributed by atoms with Crippen LogP contribution in [0.5, 0.6) is 0 Å². The molecule has 28 heavy (non-hydrogen) atoms. The first-order valence-corrected chi connectivity index (χ1v) is 8.88. The average Bonchev–Trinajstić information content (AvgIpc) is 2.69. The number of nitrogens with one attached hydrogen (secondary N) is 2. The van der Waals surface area contributed by atoms with E-state index in [0.717, 1.165) is 5.56 Å². The quantitative estimate of drug-likeness (QED) is 0.666. The van der Waals surface area contributed by atoms with Gasteiger partial charge in [-0.15, -0.1) is 0 Å². The van der Waals surface area contributed by atoms with Crippen LogP contribution in [-0.4, -0.2) is 11.8 Å². The molecule has 5 nitrogen and oxygen atoms in total. The number of anilines is 2. The van der Waals surface area contributed by atoms with Crippen LogP contribution in [0, 0.1) is 11.3 Å².